The van der Waals surface area contributed by atoms with Gasteiger partial charge in [0.2, 0.25) is 17.7 Å². The van der Waals surface area contributed by atoms with Crippen molar-refractivity contribution in [3.63, 3.8) is 0 Å². The van der Waals surface area contributed by atoms with Crippen LogP contribution in [0.4, 0.5) is 0 Å². The zero-order chi connectivity index (χ0) is 21.3. The maximum Gasteiger partial charge on any atom is 0.326 e. The molecule has 7 N–H and O–H groups in total. The Morgan fingerprint density at radius 2 is 1.64 bits per heavy atom. The van der Waals surface area contributed by atoms with E-state index in [1.807, 2.05) is 0 Å². The van der Waals surface area contributed by atoms with Crippen LogP contribution in [-0.4, -0.2) is 64.7 Å². The fraction of sp³-hybridized carbons (Fsp3) is 0.444. The summed E-state index contributed by atoms with van der Waals surface area (Å²) in [5.74, 6) is -3.39. The van der Waals surface area contributed by atoms with Crippen molar-refractivity contribution in [2.75, 3.05) is 6.54 Å². The van der Waals surface area contributed by atoms with Gasteiger partial charge in [-0.15, -0.1) is 0 Å². The summed E-state index contributed by atoms with van der Waals surface area (Å²) in [5, 5.41) is 26.0. The molecule has 1 rings (SSSR count). The van der Waals surface area contributed by atoms with Crippen molar-refractivity contribution in [1.82, 2.24) is 16.0 Å². The molecule has 0 aliphatic rings. The van der Waals surface area contributed by atoms with Gasteiger partial charge < -0.3 is 31.9 Å². The van der Waals surface area contributed by atoms with Crippen LogP contribution in [0, 0.1) is 0 Å². The van der Waals surface area contributed by atoms with E-state index < -0.39 is 54.5 Å². The normalized spacial score (nSPS) is 14.9. The third-order valence-electron chi connectivity index (χ3n) is 3.82. The lowest BCUT2D eigenvalue weighted by atomic mass is 10.0. The van der Waals surface area contributed by atoms with E-state index in [9.17, 15) is 29.4 Å². The number of hydrogen-bond acceptors (Lipinski definition) is 6. The van der Waals surface area contributed by atoms with Crippen LogP contribution in [0.25, 0.3) is 0 Å². The molecule has 10 nitrogen and oxygen atoms in total. The van der Waals surface area contributed by atoms with Crippen molar-refractivity contribution >= 4 is 23.7 Å². The van der Waals surface area contributed by atoms with Crippen molar-refractivity contribution < 1.29 is 29.4 Å². The first kappa shape index (κ1) is 23.1. The van der Waals surface area contributed by atoms with Crippen LogP contribution in [-0.2, 0) is 25.6 Å². The lowest BCUT2D eigenvalue weighted by Crippen LogP contribution is -2.57. The van der Waals surface area contributed by atoms with E-state index in [-0.39, 0.29) is 6.42 Å². The van der Waals surface area contributed by atoms with E-state index in [0.717, 1.165) is 0 Å². The number of hydrogen-bond donors (Lipinski definition) is 6. The van der Waals surface area contributed by atoms with E-state index in [4.69, 9.17) is 5.73 Å². The first-order valence-electron chi connectivity index (χ1n) is 8.69. The first-order valence-corrected chi connectivity index (χ1v) is 8.69. The molecule has 10 heteroatoms. The van der Waals surface area contributed by atoms with Crippen LogP contribution < -0.4 is 21.7 Å². The summed E-state index contributed by atoms with van der Waals surface area (Å²) in [6.45, 7) is 2.28. The molecule has 0 aliphatic carbocycles. The summed E-state index contributed by atoms with van der Waals surface area (Å²) < 4.78 is 0. The number of carboxylic acid groups (broad SMARTS) is 1. The van der Waals surface area contributed by atoms with Crippen molar-refractivity contribution in [3.05, 3.63) is 35.9 Å². The maximum absolute atomic E-state index is 12.4. The summed E-state index contributed by atoms with van der Waals surface area (Å²) in [6.07, 6.45) is -1.26. The molecule has 154 valence electrons. The Morgan fingerprint density at radius 3 is 2.14 bits per heavy atom. The molecule has 0 heterocycles. The quantitative estimate of drug-likeness (QED) is 0.270. The predicted molar refractivity (Wildman–Crippen MR) is 100.0 cm³/mol. The van der Waals surface area contributed by atoms with Gasteiger partial charge in [-0.1, -0.05) is 30.3 Å². The largest absolute Gasteiger partial charge is 0.480 e. The number of nitrogens with two attached hydrogens (primary N) is 1. The number of aliphatic hydroxyl groups excluding tert-OH is 1. The van der Waals surface area contributed by atoms with E-state index >= 15 is 0 Å². The van der Waals surface area contributed by atoms with Crippen LogP contribution in [0.15, 0.2) is 30.3 Å². The molecule has 0 saturated heterocycles. The molecule has 0 radical (unpaired) electrons. The van der Waals surface area contributed by atoms with Crippen molar-refractivity contribution in [2.24, 2.45) is 5.73 Å². The first-order chi connectivity index (χ1) is 13.1. The number of aliphatic carboxylic acids is 1. The molecule has 3 amide bonds. The number of rotatable bonds is 10. The third-order valence-corrected chi connectivity index (χ3v) is 3.82. The number of benzene rings is 1. The Balaban J connectivity index is 2.72. The molecule has 0 aromatic heterocycles. The molecule has 4 unspecified atom stereocenters. The predicted octanol–water partition coefficient (Wildman–Crippen LogP) is -1.87. The third kappa shape index (κ3) is 7.72. The van der Waals surface area contributed by atoms with Crippen LogP contribution in [0.3, 0.4) is 0 Å². The number of carbonyl (C=O) groups excluding carboxylic acids is 3. The topological polar surface area (TPSA) is 171 Å². The fourth-order valence-corrected chi connectivity index (χ4v) is 2.27. The minimum atomic E-state index is -1.39. The summed E-state index contributed by atoms with van der Waals surface area (Å²) in [6, 6.07) is 5.26. The highest BCUT2D eigenvalue weighted by Crippen LogP contribution is 2.04. The van der Waals surface area contributed by atoms with E-state index in [1.54, 1.807) is 30.3 Å². The van der Waals surface area contributed by atoms with Gasteiger partial charge in [-0.05, 0) is 19.4 Å². The Morgan fingerprint density at radius 1 is 1.04 bits per heavy atom. The van der Waals surface area contributed by atoms with Crippen LogP contribution in [0.2, 0.25) is 0 Å². The van der Waals surface area contributed by atoms with Gasteiger partial charge in [0, 0.05) is 6.42 Å². The van der Waals surface area contributed by atoms with Crippen molar-refractivity contribution in [1.29, 1.82) is 0 Å². The van der Waals surface area contributed by atoms with Gasteiger partial charge in [0.15, 0.2) is 0 Å². The summed E-state index contributed by atoms with van der Waals surface area (Å²) in [7, 11) is 0. The fourth-order valence-electron chi connectivity index (χ4n) is 2.27. The Bertz CT molecular complexity index is 693. The summed E-state index contributed by atoms with van der Waals surface area (Å²) in [5.41, 5.74) is 6.06. The van der Waals surface area contributed by atoms with Gasteiger partial charge in [-0.2, -0.15) is 0 Å². The zero-order valence-electron chi connectivity index (χ0n) is 15.7. The second kappa shape index (κ2) is 11.0. The zero-order valence-corrected chi connectivity index (χ0v) is 15.7. The molecule has 1 aromatic carbocycles. The van der Waals surface area contributed by atoms with Gasteiger partial charge in [0.1, 0.15) is 12.1 Å². The molecule has 0 aliphatic heterocycles. The van der Waals surface area contributed by atoms with Crippen molar-refractivity contribution in [3.8, 4) is 0 Å². The molecule has 0 fully saturated rings. The highest BCUT2D eigenvalue weighted by molar-refractivity contribution is 5.92. The van der Waals surface area contributed by atoms with Gasteiger partial charge in [-0.3, -0.25) is 14.4 Å². The number of nitrogens with one attached hydrogen (secondary N) is 3. The second-order valence-electron chi connectivity index (χ2n) is 6.38. The molecular formula is C18H26N4O6. The summed E-state index contributed by atoms with van der Waals surface area (Å²) >= 11 is 0. The molecule has 4 atom stereocenters. The second-order valence-corrected chi connectivity index (χ2v) is 6.38. The average molecular weight is 394 g/mol. The average Bonchev–Trinajstić information content (AvgIpc) is 2.63. The smallest absolute Gasteiger partial charge is 0.326 e. The van der Waals surface area contributed by atoms with Crippen LogP contribution in [0.5, 0.6) is 0 Å². The lowest BCUT2D eigenvalue weighted by Gasteiger charge is -2.23. The highest BCUT2D eigenvalue weighted by Gasteiger charge is 2.29. The molecule has 0 spiro atoms. The number of carboxylic acids is 1. The molecule has 28 heavy (non-hydrogen) atoms. The molecule has 0 saturated carbocycles. The highest BCUT2D eigenvalue weighted by atomic mass is 16.4. The number of aliphatic hydroxyl groups is 1. The Hall–Kier alpha value is -2.98. The minimum Gasteiger partial charge on any atom is -0.480 e. The van der Waals surface area contributed by atoms with Gasteiger partial charge >= 0.3 is 5.97 Å². The molecule has 0 bridgehead atoms. The lowest BCUT2D eigenvalue weighted by molar-refractivity contribution is -0.142. The summed E-state index contributed by atoms with van der Waals surface area (Å²) in [4.78, 5) is 47.2. The monoisotopic (exact) mass is 394 g/mol. The van der Waals surface area contributed by atoms with Gasteiger partial charge in [-0.25, -0.2) is 4.79 Å². The van der Waals surface area contributed by atoms with E-state index in [1.165, 1.54) is 13.8 Å². The Kier molecular flexibility index (Phi) is 9.06. The van der Waals surface area contributed by atoms with Crippen LogP contribution >= 0.6 is 0 Å². The Labute approximate surface area is 162 Å². The SMILES string of the molecule is CC(N)C(=O)NCC(=O)NC(C(=O)NC(Cc1ccccc1)C(=O)O)C(C)O. The number of carbonyl (C=O) groups is 4. The molecular weight excluding hydrogens is 368 g/mol. The molecule has 1 aromatic rings. The van der Waals surface area contributed by atoms with Crippen LogP contribution in [0.1, 0.15) is 19.4 Å². The maximum atomic E-state index is 12.4. The van der Waals surface area contributed by atoms with E-state index in [0.29, 0.717) is 5.56 Å². The number of amides is 3. The van der Waals surface area contributed by atoms with Gasteiger partial charge in [0.05, 0.1) is 18.7 Å². The standard InChI is InChI=1S/C18H26N4O6/c1-10(19)16(25)20-9-14(24)22-15(11(2)23)17(26)21-13(18(27)28)8-12-6-4-3-5-7-12/h3-7,10-11,13,15,23H,8-9,19H2,1-2H3,(H,20,25)(H,21,26)(H,22,24)(H,27,28). The van der Waals surface area contributed by atoms with Crippen molar-refractivity contribution in [2.45, 2.75) is 44.5 Å². The minimum absolute atomic E-state index is 0.0346. The van der Waals surface area contributed by atoms with Gasteiger partial charge in [0.25, 0.3) is 0 Å². The van der Waals surface area contributed by atoms with E-state index in [2.05, 4.69) is 16.0 Å².